The van der Waals surface area contributed by atoms with Gasteiger partial charge in [-0.3, -0.25) is 0 Å². The van der Waals surface area contributed by atoms with Crippen LogP contribution < -0.4 is 0 Å². The van der Waals surface area contributed by atoms with Crippen molar-refractivity contribution in [3.8, 4) is 0 Å². The minimum Gasteiger partial charge on any atom is -0.312 e. The van der Waals surface area contributed by atoms with Crippen LogP contribution in [0.3, 0.4) is 0 Å². The SMILES string of the molecule is C/C(=N/OC(=O)c1ccc(Cl)cc1)c1nccs1. The number of thiazole rings is 1. The molecular weight excluding hydrogens is 272 g/mol. The molecule has 18 heavy (non-hydrogen) atoms. The number of carbonyl (C=O) groups is 1. The summed E-state index contributed by atoms with van der Waals surface area (Å²) in [7, 11) is 0. The summed E-state index contributed by atoms with van der Waals surface area (Å²) in [5.74, 6) is -0.525. The van der Waals surface area contributed by atoms with Crippen molar-refractivity contribution in [2.24, 2.45) is 5.16 Å². The van der Waals surface area contributed by atoms with Crippen molar-refractivity contribution in [2.75, 3.05) is 0 Å². The number of hydrogen-bond donors (Lipinski definition) is 0. The Kier molecular flexibility index (Phi) is 4.07. The van der Waals surface area contributed by atoms with Gasteiger partial charge in [0.1, 0.15) is 10.7 Å². The molecule has 0 unspecified atom stereocenters. The van der Waals surface area contributed by atoms with Gasteiger partial charge in [-0.05, 0) is 31.2 Å². The summed E-state index contributed by atoms with van der Waals surface area (Å²) in [5.41, 5.74) is 0.961. The Morgan fingerprint density at radius 1 is 1.39 bits per heavy atom. The number of oxime groups is 1. The van der Waals surface area contributed by atoms with E-state index in [-0.39, 0.29) is 0 Å². The van der Waals surface area contributed by atoms with E-state index < -0.39 is 5.97 Å². The fraction of sp³-hybridized carbons (Fsp3) is 0.0833. The average molecular weight is 281 g/mol. The van der Waals surface area contributed by atoms with E-state index >= 15 is 0 Å². The third-order valence-corrected chi connectivity index (χ3v) is 3.22. The summed E-state index contributed by atoms with van der Waals surface area (Å²) in [6, 6.07) is 6.41. The van der Waals surface area contributed by atoms with E-state index in [0.717, 1.165) is 5.01 Å². The number of rotatable bonds is 3. The van der Waals surface area contributed by atoms with E-state index in [9.17, 15) is 4.79 Å². The van der Waals surface area contributed by atoms with E-state index in [1.54, 1.807) is 37.4 Å². The van der Waals surface area contributed by atoms with E-state index in [0.29, 0.717) is 16.3 Å². The number of nitrogens with zero attached hydrogens (tertiary/aromatic N) is 2. The van der Waals surface area contributed by atoms with Gasteiger partial charge >= 0.3 is 5.97 Å². The average Bonchev–Trinajstić information content (AvgIpc) is 2.90. The molecule has 92 valence electrons. The molecule has 0 saturated heterocycles. The Morgan fingerprint density at radius 3 is 2.72 bits per heavy atom. The first kappa shape index (κ1) is 12.7. The standard InChI is InChI=1S/C12H9ClN2O2S/c1-8(11-14-6-7-18-11)15-17-12(16)9-2-4-10(13)5-3-9/h2-7H,1H3/b15-8-. The maximum atomic E-state index is 11.6. The number of carbonyl (C=O) groups excluding carboxylic acids is 1. The lowest BCUT2D eigenvalue weighted by molar-refractivity contribution is 0.0516. The number of halogens is 1. The minimum absolute atomic E-state index is 0.398. The molecule has 2 rings (SSSR count). The molecule has 6 heteroatoms. The quantitative estimate of drug-likeness (QED) is 0.492. The summed E-state index contributed by atoms with van der Waals surface area (Å²) >= 11 is 7.15. The lowest BCUT2D eigenvalue weighted by atomic mass is 10.2. The summed E-state index contributed by atoms with van der Waals surface area (Å²) in [5, 5.41) is 6.86. The smallest absolute Gasteiger partial charge is 0.312 e. The molecule has 0 amide bonds. The highest BCUT2D eigenvalue weighted by atomic mass is 35.5. The van der Waals surface area contributed by atoms with Crippen LogP contribution in [-0.4, -0.2) is 16.7 Å². The Morgan fingerprint density at radius 2 is 2.11 bits per heavy atom. The highest BCUT2D eigenvalue weighted by molar-refractivity contribution is 7.11. The monoisotopic (exact) mass is 280 g/mol. The van der Waals surface area contributed by atoms with Crippen LogP contribution in [0.5, 0.6) is 0 Å². The first-order valence-corrected chi connectivity index (χ1v) is 6.34. The third kappa shape index (κ3) is 3.15. The molecule has 0 bridgehead atoms. The minimum atomic E-state index is -0.525. The topological polar surface area (TPSA) is 51.5 Å². The zero-order chi connectivity index (χ0) is 13.0. The van der Waals surface area contributed by atoms with Gasteiger partial charge in [0, 0.05) is 16.6 Å². The molecule has 0 aliphatic rings. The zero-order valence-electron chi connectivity index (χ0n) is 9.46. The van der Waals surface area contributed by atoms with E-state index in [4.69, 9.17) is 16.4 Å². The zero-order valence-corrected chi connectivity index (χ0v) is 11.0. The fourth-order valence-electron chi connectivity index (χ4n) is 1.19. The molecule has 4 nitrogen and oxygen atoms in total. The van der Waals surface area contributed by atoms with Gasteiger partial charge in [0.05, 0.1) is 5.56 Å². The summed E-state index contributed by atoms with van der Waals surface area (Å²) in [6.07, 6.45) is 1.67. The van der Waals surface area contributed by atoms with Crippen LogP contribution in [0, 0.1) is 0 Å². The predicted octanol–water partition coefficient (Wildman–Crippen LogP) is 3.38. The van der Waals surface area contributed by atoms with Crippen LogP contribution in [0.25, 0.3) is 0 Å². The Hall–Kier alpha value is -1.72. The Bertz CT molecular complexity index is 564. The lowest BCUT2D eigenvalue weighted by Crippen LogP contribution is -2.03. The van der Waals surface area contributed by atoms with Crippen molar-refractivity contribution in [1.29, 1.82) is 0 Å². The van der Waals surface area contributed by atoms with Crippen molar-refractivity contribution < 1.29 is 9.63 Å². The van der Waals surface area contributed by atoms with Crippen molar-refractivity contribution in [1.82, 2.24) is 4.98 Å². The summed E-state index contributed by atoms with van der Waals surface area (Å²) < 4.78 is 0. The first-order chi connectivity index (χ1) is 8.66. The van der Waals surface area contributed by atoms with Crippen molar-refractivity contribution >= 4 is 34.6 Å². The van der Waals surface area contributed by atoms with Gasteiger partial charge < -0.3 is 4.84 Å². The third-order valence-electron chi connectivity index (χ3n) is 2.09. The Labute approximate surface area is 113 Å². The maximum Gasteiger partial charge on any atom is 0.365 e. The molecule has 1 aromatic carbocycles. The molecule has 0 aliphatic carbocycles. The largest absolute Gasteiger partial charge is 0.365 e. The lowest BCUT2D eigenvalue weighted by Gasteiger charge is -1.99. The van der Waals surface area contributed by atoms with Gasteiger partial charge in [0.2, 0.25) is 0 Å². The van der Waals surface area contributed by atoms with Gasteiger partial charge in [0.25, 0.3) is 0 Å². The van der Waals surface area contributed by atoms with Crippen LogP contribution in [-0.2, 0) is 4.84 Å². The van der Waals surface area contributed by atoms with Crippen molar-refractivity contribution in [3.05, 3.63) is 51.4 Å². The van der Waals surface area contributed by atoms with Crippen LogP contribution in [0.4, 0.5) is 0 Å². The summed E-state index contributed by atoms with van der Waals surface area (Å²) in [6.45, 7) is 1.73. The second kappa shape index (κ2) is 5.75. The molecule has 0 radical (unpaired) electrons. The molecule has 0 saturated carbocycles. The molecule has 0 atom stereocenters. The van der Waals surface area contributed by atoms with Crippen LogP contribution in [0.15, 0.2) is 41.0 Å². The fourth-order valence-corrected chi connectivity index (χ4v) is 1.90. The van der Waals surface area contributed by atoms with Crippen LogP contribution in [0.1, 0.15) is 22.3 Å². The predicted molar refractivity (Wildman–Crippen MR) is 71.2 cm³/mol. The molecule has 1 aromatic heterocycles. The molecule has 0 spiro atoms. The highest BCUT2D eigenvalue weighted by Gasteiger charge is 2.08. The van der Waals surface area contributed by atoms with Gasteiger partial charge in [-0.15, -0.1) is 11.3 Å². The van der Waals surface area contributed by atoms with Gasteiger partial charge in [0.15, 0.2) is 0 Å². The molecule has 0 aliphatic heterocycles. The first-order valence-electron chi connectivity index (χ1n) is 5.08. The van der Waals surface area contributed by atoms with E-state index in [1.807, 2.05) is 5.38 Å². The molecule has 0 N–H and O–H groups in total. The van der Waals surface area contributed by atoms with E-state index in [1.165, 1.54) is 11.3 Å². The molecule has 1 heterocycles. The van der Waals surface area contributed by atoms with E-state index in [2.05, 4.69) is 10.1 Å². The number of benzene rings is 1. The van der Waals surface area contributed by atoms with Crippen molar-refractivity contribution in [3.63, 3.8) is 0 Å². The Balaban J connectivity index is 2.04. The van der Waals surface area contributed by atoms with Crippen LogP contribution >= 0.6 is 22.9 Å². The van der Waals surface area contributed by atoms with Gasteiger partial charge in [-0.1, -0.05) is 16.8 Å². The second-order valence-corrected chi connectivity index (χ2v) is 4.73. The normalized spacial score (nSPS) is 11.3. The molecule has 2 aromatic rings. The maximum absolute atomic E-state index is 11.6. The molecule has 0 fully saturated rings. The number of hydrogen-bond acceptors (Lipinski definition) is 5. The highest BCUT2D eigenvalue weighted by Crippen LogP contribution is 2.11. The van der Waals surface area contributed by atoms with Gasteiger partial charge in [-0.25, -0.2) is 9.78 Å². The second-order valence-electron chi connectivity index (χ2n) is 3.40. The number of aromatic nitrogens is 1. The summed E-state index contributed by atoms with van der Waals surface area (Å²) in [4.78, 5) is 20.5. The van der Waals surface area contributed by atoms with Crippen molar-refractivity contribution in [2.45, 2.75) is 6.92 Å². The van der Waals surface area contributed by atoms with Crippen LogP contribution in [0.2, 0.25) is 5.02 Å². The van der Waals surface area contributed by atoms with Gasteiger partial charge in [-0.2, -0.15) is 0 Å². The molecular formula is C12H9ClN2O2S.